The number of amides is 1. The van der Waals surface area contributed by atoms with E-state index in [1.165, 1.54) is 6.07 Å². The van der Waals surface area contributed by atoms with E-state index in [1.54, 1.807) is 12.1 Å². The van der Waals surface area contributed by atoms with Gasteiger partial charge in [-0.2, -0.15) is 0 Å². The fourth-order valence-corrected chi connectivity index (χ4v) is 4.86. The summed E-state index contributed by atoms with van der Waals surface area (Å²) in [6.45, 7) is 0.783. The molecule has 7 heteroatoms. The summed E-state index contributed by atoms with van der Waals surface area (Å²) in [6, 6.07) is 12.1. The highest BCUT2D eigenvalue weighted by molar-refractivity contribution is 6.30. The van der Waals surface area contributed by atoms with Crippen LogP contribution in [0.2, 0.25) is 5.02 Å². The Morgan fingerprint density at radius 2 is 1.94 bits per heavy atom. The molecule has 1 fully saturated rings. The number of halogens is 2. The molecule has 1 aliphatic carbocycles. The normalized spacial score (nSPS) is 17.4. The van der Waals surface area contributed by atoms with Crippen molar-refractivity contribution in [2.75, 3.05) is 5.32 Å². The van der Waals surface area contributed by atoms with Gasteiger partial charge in [0.25, 0.3) is 0 Å². The summed E-state index contributed by atoms with van der Waals surface area (Å²) in [4.78, 5) is 13.3. The Balaban J connectivity index is 1.45. The van der Waals surface area contributed by atoms with Crippen LogP contribution in [0.1, 0.15) is 49.9 Å². The molecule has 1 N–H and O–H groups in total. The van der Waals surface area contributed by atoms with Crippen LogP contribution in [0.4, 0.5) is 10.1 Å². The molecule has 0 atom stereocenters. The first kappa shape index (κ1) is 20.2. The largest absolute Gasteiger partial charge is 0.325 e. The van der Waals surface area contributed by atoms with E-state index < -0.39 is 5.41 Å². The zero-order valence-corrected chi connectivity index (χ0v) is 18.0. The Morgan fingerprint density at radius 1 is 1.06 bits per heavy atom. The van der Waals surface area contributed by atoms with Crippen LogP contribution in [0.15, 0.2) is 42.5 Å². The second-order valence-electron chi connectivity index (χ2n) is 8.50. The molecule has 0 bridgehead atoms. The van der Waals surface area contributed by atoms with Gasteiger partial charge in [-0.3, -0.25) is 4.79 Å². The van der Waals surface area contributed by atoms with Gasteiger partial charge in [0.15, 0.2) is 5.82 Å². The SMILES string of the molecule is O=C(Nc1ccc(F)c(-c2nnc3n2CCCCC3)c1)C1(c2cccc(Cl)c2)CCC1. The number of carbonyl (C=O) groups is 1. The lowest BCUT2D eigenvalue weighted by molar-refractivity contribution is -0.124. The van der Waals surface area contributed by atoms with E-state index in [-0.39, 0.29) is 11.7 Å². The number of nitrogens with one attached hydrogen (secondary N) is 1. The topological polar surface area (TPSA) is 59.8 Å². The Hall–Kier alpha value is -2.73. The minimum absolute atomic E-state index is 0.0846. The third-order valence-corrected chi connectivity index (χ3v) is 6.83. The lowest BCUT2D eigenvalue weighted by atomic mass is 9.64. The predicted molar refractivity (Wildman–Crippen MR) is 119 cm³/mol. The Bertz CT molecular complexity index is 1140. The lowest BCUT2D eigenvalue weighted by Crippen LogP contribution is -2.46. The van der Waals surface area contributed by atoms with Gasteiger partial charge in [-0.25, -0.2) is 4.39 Å². The number of aromatic nitrogens is 3. The van der Waals surface area contributed by atoms with Crippen LogP contribution in [0.25, 0.3) is 11.4 Å². The highest BCUT2D eigenvalue weighted by Gasteiger charge is 2.45. The molecule has 0 spiro atoms. The molecule has 1 amide bonds. The molecule has 1 saturated carbocycles. The summed E-state index contributed by atoms with van der Waals surface area (Å²) < 4.78 is 16.8. The molecular weight excluding hydrogens is 415 g/mol. The van der Waals surface area contributed by atoms with E-state index in [9.17, 15) is 9.18 Å². The van der Waals surface area contributed by atoms with Gasteiger partial charge in [-0.1, -0.05) is 36.6 Å². The average Bonchev–Trinajstić information content (AvgIpc) is 2.96. The monoisotopic (exact) mass is 438 g/mol. The van der Waals surface area contributed by atoms with Crippen molar-refractivity contribution in [1.82, 2.24) is 14.8 Å². The van der Waals surface area contributed by atoms with Crippen LogP contribution in [-0.4, -0.2) is 20.7 Å². The molecule has 5 rings (SSSR count). The zero-order valence-electron chi connectivity index (χ0n) is 17.2. The number of benzene rings is 2. The van der Waals surface area contributed by atoms with E-state index in [0.29, 0.717) is 22.1 Å². The molecule has 1 aliphatic heterocycles. The summed E-state index contributed by atoms with van der Waals surface area (Å²) in [5.74, 6) is 0.971. The Morgan fingerprint density at radius 3 is 2.71 bits per heavy atom. The standard InChI is InChI=1S/C24H24ClFN4O/c25-17-7-4-6-16(14-17)24(11-5-12-24)23(31)27-18-9-10-20(26)19(15-18)22-29-28-21-8-2-1-3-13-30(21)22/h4,6-7,9-10,14-15H,1-3,5,8,11-13H2,(H,27,31). The maximum atomic E-state index is 14.8. The summed E-state index contributed by atoms with van der Waals surface area (Å²) in [6.07, 6.45) is 6.61. The Kier molecular flexibility index (Phi) is 5.26. The van der Waals surface area contributed by atoms with Crippen LogP contribution in [0.3, 0.4) is 0 Å². The van der Waals surface area contributed by atoms with Crippen molar-refractivity contribution in [3.63, 3.8) is 0 Å². The summed E-state index contributed by atoms with van der Waals surface area (Å²) >= 11 is 6.17. The van der Waals surface area contributed by atoms with Crippen LogP contribution < -0.4 is 5.32 Å². The number of nitrogens with zero attached hydrogens (tertiary/aromatic N) is 3. The number of carbonyl (C=O) groups excluding carboxylic acids is 1. The summed E-state index contributed by atoms with van der Waals surface area (Å²) in [5, 5.41) is 12.2. The molecule has 0 radical (unpaired) electrons. The van der Waals surface area contributed by atoms with Crippen molar-refractivity contribution in [3.05, 3.63) is 64.7 Å². The molecular formula is C24H24ClFN4O. The average molecular weight is 439 g/mol. The second kappa shape index (κ2) is 8.08. The number of hydrogen-bond acceptors (Lipinski definition) is 3. The van der Waals surface area contributed by atoms with Crippen LogP contribution in [0, 0.1) is 5.82 Å². The minimum atomic E-state index is -0.592. The van der Waals surface area contributed by atoms with Gasteiger partial charge in [-0.15, -0.1) is 10.2 Å². The molecule has 2 heterocycles. The van der Waals surface area contributed by atoms with E-state index >= 15 is 0 Å². The summed E-state index contributed by atoms with van der Waals surface area (Å²) in [7, 11) is 0. The Labute approximate surface area is 185 Å². The van der Waals surface area contributed by atoms with E-state index in [2.05, 4.69) is 15.5 Å². The van der Waals surface area contributed by atoms with Gasteiger partial charge in [0.1, 0.15) is 11.6 Å². The number of anilines is 1. The van der Waals surface area contributed by atoms with Crippen molar-refractivity contribution in [2.24, 2.45) is 0 Å². The van der Waals surface area contributed by atoms with E-state index in [1.807, 2.05) is 28.8 Å². The molecule has 2 aliphatic rings. The third kappa shape index (κ3) is 3.63. The number of fused-ring (bicyclic) bond motifs is 1. The number of aryl methyl sites for hydroxylation is 1. The third-order valence-electron chi connectivity index (χ3n) is 6.59. The smallest absolute Gasteiger partial charge is 0.235 e. The van der Waals surface area contributed by atoms with Crippen molar-refractivity contribution >= 4 is 23.2 Å². The highest BCUT2D eigenvalue weighted by Crippen LogP contribution is 2.45. The predicted octanol–water partition coefficient (Wildman–Crippen LogP) is 5.52. The fraction of sp³-hybridized carbons (Fsp3) is 0.375. The van der Waals surface area contributed by atoms with Gasteiger partial charge in [0, 0.05) is 23.7 Å². The van der Waals surface area contributed by atoms with Crippen LogP contribution in [-0.2, 0) is 23.2 Å². The zero-order chi connectivity index (χ0) is 21.4. The number of rotatable bonds is 4. The number of hydrogen-bond donors (Lipinski definition) is 1. The van der Waals surface area contributed by atoms with Crippen LogP contribution >= 0.6 is 11.6 Å². The van der Waals surface area contributed by atoms with Crippen molar-refractivity contribution in [2.45, 2.75) is 56.9 Å². The molecule has 1 aromatic heterocycles. The first-order chi connectivity index (χ1) is 15.1. The van der Waals surface area contributed by atoms with Gasteiger partial charge in [0.05, 0.1) is 11.0 Å². The molecule has 0 saturated heterocycles. The first-order valence-electron chi connectivity index (χ1n) is 10.9. The van der Waals surface area contributed by atoms with Crippen molar-refractivity contribution in [3.8, 4) is 11.4 Å². The molecule has 0 unspecified atom stereocenters. The van der Waals surface area contributed by atoms with Gasteiger partial charge in [-0.05, 0) is 61.6 Å². The van der Waals surface area contributed by atoms with E-state index in [0.717, 1.165) is 62.9 Å². The summed E-state index contributed by atoms with van der Waals surface area (Å²) in [5.41, 5.74) is 1.25. The minimum Gasteiger partial charge on any atom is -0.325 e. The lowest BCUT2D eigenvalue weighted by Gasteiger charge is -2.40. The molecule has 5 nitrogen and oxygen atoms in total. The first-order valence-corrected chi connectivity index (χ1v) is 11.2. The quantitative estimate of drug-likeness (QED) is 0.583. The maximum absolute atomic E-state index is 14.8. The maximum Gasteiger partial charge on any atom is 0.235 e. The molecule has 2 aromatic carbocycles. The molecule has 160 valence electrons. The fourth-order valence-electron chi connectivity index (χ4n) is 4.67. The van der Waals surface area contributed by atoms with Gasteiger partial charge < -0.3 is 9.88 Å². The molecule has 3 aromatic rings. The van der Waals surface area contributed by atoms with E-state index in [4.69, 9.17) is 11.6 Å². The highest BCUT2D eigenvalue weighted by atomic mass is 35.5. The molecule has 31 heavy (non-hydrogen) atoms. The van der Waals surface area contributed by atoms with Crippen LogP contribution in [0.5, 0.6) is 0 Å². The van der Waals surface area contributed by atoms with Crippen molar-refractivity contribution < 1.29 is 9.18 Å². The second-order valence-corrected chi connectivity index (χ2v) is 8.93. The van der Waals surface area contributed by atoms with Gasteiger partial charge in [0.2, 0.25) is 5.91 Å². The van der Waals surface area contributed by atoms with Gasteiger partial charge >= 0.3 is 0 Å². The van der Waals surface area contributed by atoms with Crippen molar-refractivity contribution in [1.29, 1.82) is 0 Å².